The number of amides is 1. The summed E-state index contributed by atoms with van der Waals surface area (Å²) < 4.78 is 55.2. The summed E-state index contributed by atoms with van der Waals surface area (Å²) in [4.78, 5) is 11.3. The number of carbonyl (C=O) groups excluding carboxylic acids is 1. The highest BCUT2D eigenvalue weighted by molar-refractivity contribution is 7.89. The van der Waals surface area contributed by atoms with E-state index in [1.807, 2.05) is 0 Å². The van der Waals surface area contributed by atoms with Gasteiger partial charge in [0.25, 0.3) is 0 Å². The van der Waals surface area contributed by atoms with Crippen molar-refractivity contribution in [3.05, 3.63) is 71.8 Å². The first kappa shape index (κ1) is 18.9. The molecule has 0 saturated heterocycles. The van der Waals surface area contributed by atoms with Crippen LogP contribution < -0.4 is 10.0 Å². The van der Waals surface area contributed by atoms with E-state index in [0.717, 1.165) is 12.1 Å². The quantitative estimate of drug-likeness (QED) is 0.700. The largest absolute Gasteiger partial charge is 0.326 e. The number of benzene rings is 3. The second kappa shape index (κ2) is 7.42. The predicted molar refractivity (Wildman–Crippen MR) is 98.6 cm³/mol. The van der Waals surface area contributed by atoms with Gasteiger partial charge < -0.3 is 5.32 Å². The Morgan fingerprint density at radius 1 is 0.926 bits per heavy atom. The van der Waals surface area contributed by atoms with E-state index in [0.29, 0.717) is 16.5 Å². The number of nitrogens with one attached hydrogen (secondary N) is 2. The van der Waals surface area contributed by atoms with Crippen LogP contribution in [-0.2, 0) is 21.4 Å². The Bertz CT molecular complexity index is 1110. The van der Waals surface area contributed by atoms with Gasteiger partial charge in [0.2, 0.25) is 15.9 Å². The Hall–Kier alpha value is -2.84. The molecule has 27 heavy (non-hydrogen) atoms. The highest BCUT2D eigenvalue weighted by Crippen LogP contribution is 2.29. The molecule has 0 aromatic heterocycles. The summed E-state index contributed by atoms with van der Waals surface area (Å²) in [6.07, 6.45) is 0. The zero-order valence-electron chi connectivity index (χ0n) is 14.3. The first-order chi connectivity index (χ1) is 12.8. The van der Waals surface area contributed by atoms with Gasteiger partial charge in [0, 0.05) is 35.5 Å². The van der Waals surface area contributed by atoms with Crippen molar-refractivity contribution in [1.29, 1.82) is 0 Å². The molecule has 5 nitrogen and oxygen atoms in total. The van der Waals surface area contributed by atoms with E-state index >= 15 is 0 Å². The van der Waals surface area contributed by atoms with Crippen LogP contribution in [0, 0.1) is 11.6 Å². The fraction of sp³-hybridized carbons (Fsp3) is 0.105. The molecule has 0 aliphatic heterocycles. The molecule has 140 valence electrons. The first-order valence-electron chi connectivity index (χ1n) is 8.01. The number of anilines is 1. The predicted octanol–water partition coefficient (Wildman–Crippen LogP) is 3.55. The van der Waals surface area contributed by atoms with Crippen molar-refractivity contribution in [2.75, 3.05) is 5.32 Å². The van der Waals surface area contributed by atoms with Crippen LogP contribution >= 0.6 is 0 Å². The third kappa shape index (κ3) is 3.96. The van der Waals surface area contributed by atoms with E-state index in [2.05, 4.69) is 10.0 Å². The molecule has 0 atom stereocenters. The molecular weight excluding hydrogens is 374 g/mol. The third-order valence-electron chi connectivity index (χ3n) is 3.98. The van der Waals surface area contributed by atoms with Crippen molar-refractivity contribution in [3.63, 3.8) is 0 Å². The summed E-state index contributed by atoms with van der Waals surface area (Å²) in [5.41, 5.74) is 0.109. The molecule has 0 fully saturated rings. The van der Waals surface area contributed by atoms with Crippen LogP contribution in [0.3, 0.4) is 0 Å². The fourth-order valence-electron chi connectivity index (χ4n) is 2.76. The molecule has 1 amide bonds. The molecule has 0 spiro atoms. The summed E-state index contributed by atoms with van der Waals surface area (Å²) >= 11 is 0. The highest BCUT2D eigenvalue weighted by atomic mass is 32.2. The SMILES string of the molecule is CC(=O)Nc1cccc2c(S(=O)(=O)NCc3c(F)cccc3F)cccc12. The van der Waals surface area contributed by atoms with Gasteiger partial charge in [-0.25, -0.2) is 21.9 Å². The standard InChI is InChI=1S/C19H16F2N2O3S/c1-12(24)23-18-9-2-6-14-13(18)5-3-10-19(14)27(25,26)22-11-15-16(20)7-4-8-17(15)21/h2-10,22H,11H2,1H3,(H,23,24). The monoisotopic (exact) mass is 390 g/mol. The van der Waals surface area contributed by atoms with E-state index < -0.39 is 28.2 Å². The number of hydrogen-bond donors (Lipinski definition) is 2. The van der Waals surface area contributed by atoms with Gasteiger partial charge in [0.15, 0.2) is 0 Å². The molecule has 0 unspecified atom stereocenters. The minimum Gasteiger partial charge on any atom is -0.326 e. The lowest BCUT2D eigenvalue weighted by Gasteiger charge is -2.13. The van der Waals surface area contributed by atoms with Crippen LogP contribution in [0.15, 0.2) is 59.5 Å². The number of halogens is 2. The summed E-state index contributed by atoms with van der Waals surface area (Å²) in [6, 6.07) is 12.8. The van der Waals surface area contributed by atoms with Crippen molar-refractivity contribution in [3.8, 4) is 0 Å². The zero-order valence-corrected chi connectivity index (χ0v) is 15.1. The summed E-state index contributed by atoms with van der Waals surface area (Å²) in [6.45, 7) is 0.826. The van der Waals surface area contributed by atoms with Crippen molar-refractivity contribution in [1.82, 2.24) is 4.72 Å². The smallest absolute Gasteiger partial charge is 0.241 e. The van der Waals surface area contributed by atoms with Gasteiger partial charge >= 0.3 is 0 Å². The molecule has 2 N–H and O–H groups in total. The highest BCUT2D eigenvalue weighted by Gasteiger charge is 2.20. The lowest BCUT2D eigenvalue weighted by atomic mass is 10.1. The zero-order chi connectivity index (χ0) is 19.6. The van der Waals surface area contributed by atoms with Crippen LogP contribution in [0.4, 0.5) is 14.5 Å². The normalized spacial score (nSPS) is 11.5. The maximum absolute atomic E-state index is 13.7. The van der Waals surface area contributed by atoms with Gasteiger partial charge in [-0.05, 0) is 24.3 Å². The average Bonchev–Trinajstić information content (AvgIpc) is 2.60. The average molecular weight is 390 g/mol. The maximum atomic E-state index is 13.7. The second-order valence-corrected chi connectivity index (χ2v) is 7.60. The molecule has 0 saturated carbocycles. The molecule has 8 heteroatoms. The molecule has 0 heterocycles. The fourth-order valence-corrected chi connectivity index (χ4v) is 3.98. The number of hydrogen-bond acceptors (Lipinski definition) is 3. The van der Waals surface area contributed by atoms with Crippen molar-refractivity contribution < 1.29 is 22.0 Å². The third-order valence-corrected chi connectivity index (χ3v) is 5.44. The number of fused-ring (bicyclic) bond motifs is 1. The maximum Gasteiger partial charge on any atom is 0.241 e. The van der Waals surface area contributed by atoms with Gasteiger partial charge in [0.05, 0.1) is 4.90 Å². The summed E-state index contributed by atoms with van der Waals surface area (Å²) in [5.74, 6) is -1.95. The minimum absolute atomic E-state index is 0.0519. The molecule has 0 aliphatic carbocycles. The Morgan fingerprint density at radius 2 is 1.52 bits per heavy atom. The Kier molecular flexibility index (Phi) is 5.20. The van der Waals surface area contributed by atoms with E-state index in [4.69, 9.17) is 0 Å². The molecular formula is C19H16F2N2O3S. The van der Waals surface area contributed by atoms with Gasteiger partial charge in [-0.15, -0.1) is 0 Å². The van der Waals surface area contributed by atoms with E-state index in [9.17, 15) is 22.0 Å². The van der Waals surface area contributed by atoms with Gasteiger partial charge in [-0.1, -0.05) is 30.3 Å². The molecule has 0 radical (unpaired) electrons. The lowest BCUT2D eigenvalue weighted by molar-refractivity contribution is -0.114. The van der Waals surface area contributed by atoms with Gasteiger partial charge in [0.1, 0.15) is 11.6 Å². The molecule has 0 aliphatic rings. The van der Waals surface area contributed by atoms with Crippen LogP contribution in [-0.4, -0.2) is 14.3 Å². The van der Waals surface area contributed by atoms with E-state index in [1.54, 1.807) is 24.3 Å². The Labute approximate surface area is 155 Å². The van der Waals surface area contributed by atoms with Crippen LogP contribution in [0.5, 0.6) is 0 Å². The lowest BCUT2D eigenvalue weighted by Crippen LogP contribution is -2.24. The summed E-state index contributed by atoms with van der Waals surface area (Å²) in [7, 11) is -4.06. The number of carbonyl (C=O) groups is 1. The van der Waals surface area contributed by atoms with Gasteiger partial charge in [-0.2, -0.15) is 0 Å². The Morgan fingerprint density at radius 3 is 2.19 bits per heavy atom. The second-order valence-electron chi connectivity index (χ2n) is 5.86. The van der Waals surface area contributed by atoms with Crippen LogP contribution in [0.2, 0.25) is 0 Å². The van der Waals surface area contributed by atoms with Crippen molar-refractivity contribution in [2.45, 2.75) is 18.4 Å². The molecule has 0 bridgehead atoms. The topological polar surface area (TPSA) is 75.3 Å². The van der Waals surface area contributed by atoms with Crippen LogP contribution in [0.25, 0.3) is 10.8 Å². The van der Waals surface area contributed by atoms with Crippen LogP contribution in [0.1, 0.15) is 12.5 Å². The van der Waals surface area contributed by atoms with E-state index in [1.165, 1.54) is 25.1 Å². The Balaban J connectivity index is 1.99. The first-order valence-corrected chi connectivity index (χ1v) is 9.50. The minimum atomic E-state index is -4.06. The molecule has 3 aromatic carbocycles. The number of rotatable bonds is 5. The molecule has 3 rings (SSSR count). The number of sulfonamides is 1. The van der Waals surface area contributed by atoms with Crippen molar-refractivity contribution >= 4 is 32.4 Å². The summed E-state index contributed by atoms with van der Waals surface area (Å²) in [5, 5.41) is 3.56. The molecule has 3 aromatic rings. The van der Waals surface area contributed by atoms with E-state index in [-0.39, 0.29) is 16.4 Å². The van der Waals surface area contributed by atoms with Gasteiger partial charge in [-0.3, -0.25) is 4.79 Å². The van der Waals surface area contributed by atoms with Crippen molar-refractivity contribution in [2.24, 2.45) is 0 Å².